The van der Waals surface area contributed by atoms with Crippen molar-refractivity contribution in [1.29, 1.82) is 0 Å². The third-order valence-electron chi connectivity index (χ3n) is 10.7. The average molecular weight is 877 g/mol. The summed E-state index contributed by atoms with van der Waals surface area (Å²) in [4.78, 5) is 40.6. The minimum absolute atomic E-state index is 0.0155. The molecule has 0 unspecified atom stereocenters. The van der Waals surface area contributed by atoms with E-state index in [1.165, 1.54) is 61.5 Å². The molecule has 0 bridgehead atoms. The lowest BCUT2D eigenvalue weighted by atomic mass is 9.69. The molecule has 0 aromatic heterocycles. The van der Waals surface area contributed by atoms with Crippen molar-refractivity contribution >= 4 is 17.9 Å². The molecule has 0 radical (unpaired) electrons. The molecule has 0 fully saturated rings. The van der Waals surface area contributed by atoms with Gasteiger partial charge in [0.2, 0.25) is 0 Å². The maximum Gasteiger partial charge on any atom is 0.432 e. The lowest BCUT2D eigenvalue weighted by molar-refractivity contribution is -0.279. The van der Waals surface area contributed by atoms with Crippen LogP contribution in [-0.2, 0) is 59.6 Å². The van der Waals surface area contributed by atoms with E-state index in [-0.39, 0.29) is 24.8 Å². The smallest absolute Gasteiger partial charge is 0.432 e. The van der Waals surface area contributed by atoms with E-state index in [0.29, 0.717) is 26.9 Å². The molecule has 0 aliphatic heterocycles. The molecule has 0 N–H and O–H groups in total. The topological polar surface area (TPSA) is 107 Å². The summed E-state index contributed by atoms with van der Waals surface area (Å²) in [7, 11) is 2.02. The molecule has 334 valence electrons. The second-order valence-corrected chi connectivity index (χ2v) is 15.0. The molecule has 3 aromatic carbocycles. The molecule has 0 amide bonds. The van der Waals surface area contributed by atoms with Crippen molar-refractivity contribution in [2.75, 3.05) is 27.9 Å². The number of carbonyl (C=O) groups excluding carboxylic acids is 3. The highest BCUT2D eigenvalue weighted by Crippen LogP contribution is 2.49. The molecule has 0 spiro atoms. The second-order valence-electron chi connectivity index (χ2n) is 15.0. The van der Waals surface area contributed by atoms with Crippen LogP contribution in [0.3, 0.4) is 0 Å². The van der Waals surface area contributed by atoms with E-state index in [9.17, 15) is 53.9 Å². The average Bonchev–Trinajstić information content (AvgIpc) is 3.17. The lowest BCUT2D eigenvalue weighted by Crippen LogP contribution is -2.53. The van der Waals surface area contributed by atoms with Gasteiger partial charge in [0, 0.05) is 44.4 Å². The fraction of sp³-hybridized carbons (Fsp3) is 0.465. The Hall–Kier alpha value is -4.94. The number of allylic oxidation sites excluding steroid dienone is 1. The number of ether oxygens (including phenoxy) is 6. The van der Waals surface area contributed by atoms with Gasteiger partial charge in [-0.1, -0.05) is 110 Å². The number of rotatable bonds is 16. The van der Waals surface area contributed by atoms with Gasteiger partial charge >= 0.3 is 36.4 Å². The summed E-state index contributed by atoms with van der Waals surface area (Å²) in [6.07, 6.45) is -19.7. The third kappa shape index (κ3) is 9.45. The summed E-state index contributed by atoms with van der Waals surface area (Å²) >= 11 is 0. The highest BCUT2D eigenvalue weighted by molar-refractivity contribution is 5.84. The van der Waals surface area contributed by atoms with Crippen LogP contribution >= 0.6 is 0 Å². The minimum Gasteiger partial charge on any atom is -0.460 e. The quantitative estimate of drug-likeness (QED) is 0.0602. The Morgan fingerprint density at radius 2 is 1.00 bits per heavy atom. The van der Waals surface area contributed by atoms with E-state index in [4.69, 9.17) is 28.4 Å². The molecule has 5 atom stereocenters. The van der Waals surface area contributed by atoms with E-state index in [1.807, 2.05) is 0 Å². The van der Waals surface area contributed by atoms with Crippen LogP contribution in [0.1, 0.15) is 63.1 Å². The molecular formula is C43H45F9O9. The molecule has 3 aromatic rings. The van der Waals surface area contributed by atoms with Gasteiger partial charge < -0.3 is 28.4 Å². The number of esters is 3. The fourth-order valence-electron chi connectivity index (χ4n) is 7.71. The fourth-order valence-corrected chi connectivity index (χ4v) is 7.71. The van der Waals surface area contributed by atoms with Gasteiger partial charge in [0.05, 0.1) is 6.10 Å². The highest BCUT2D eigenvalue weighted by Gasteiger charge is 2.66. The monoisotopic (exact) mass is 876 g/mol. The van der Waals surface area contributed by atoms with Gasteiger partial charge in [0.25, 0.3) is 16.8 Å². The van der Waals surface area contributed by atoms with Crippen molar-refractivity contribution in [3.8, 4) is 0 Å². The number of hydrogen-bond donors (Lipinski definition) is 0. The van der Waals surface area contributed by atoms with Crippen molar-refractivity contribution in [3.63, 3.8) is 0 Å². The van der Waals surface area contributed by atoms with Gasteiger partial charge in [-0.15, -0.1) is 0 Å². The number of hydrogen-bond acceptors (Lipinski definition) is 9. The van der Waals surface area contributed by atoms with Crippen LogP contribution in [0.4, 0.5) is 39.5 Å². The largest absolute Gasteiger partial charge is 0.460 e. The molecule has 9 nitrogen and oxygen atoms in total. The molecule has 0 heterocycles. The van der Waals surface area contributed by atoms with Crippen molar-refractivity contribution in [2.24, 2.45) is 5.41 Å². The first-order valence-electron chi connectivity index (χ1n) is 18.7. The maximum atomic E-state index is 14.8. The van der Waals surface area contributed by atoms with Crippen molar-refractivity contribution in [2.45, 2.75) is 94.0 Å². The van der Waals surface area contributed by atoms with Gasteiger partial charge in [0.1, 0.15) is 12.7 Å². The Labute approximate surface area is 346 Å². The number of benzene rings is 3. The van der Waals surface area contributed by atoms with Crippen LogP contribution in [0.25, 0.3) is 0 Å². The Bertz CT molecular complexity index is 2000. The Balaban J connectivity index is 1.72. The SMILES string of the molecule is CO[C@@](C(=O)OCC1=C(CC[C@H](C)OC(=O)[C@](OC)(c2ccccc2)C(F)(F)F)C(C)(C)C[C@H](OC(=O)[C@](OC)(c2ccccc2)C(F)(F)F)C1)(c1ccccc1)C(F)(F)F. The third-order valence-corrected chi connectivity index (χ3v) is 10.7. The van der Waals surface area contributed by atoms with E-state index >= 15 is 0 Å². The van der Waals surface area contributed by atoms with Gasteiger partial charge in [-0.3, -0.25) is 0 Å². The minimum atomic E-state index is -5.37. The van der Waals surface area contributed by atoms with E-state index < -0.39 is 101 Å². The van der Waals surface area contributed by atoms with E-state index in [0.717, 1.165) is 36.4 Å². The molecule has 18 heteroatoms. The zero-order valence-corrected chi connectivity index (χ0v) is 33.9. The molecular weight excluding hydrogens is 831 g/mol. The highest BCUT2D eigenvalue weighted by atomic mass is 19.4. The number of carbonyl (C=O) groups is 3. The molecule has 0 saturated heterocycles. The maximum absolute atomic E-state index is 14.8. The predicted octanol–water partition coefficient (Wildman–Crippen LogP) is 9.58. The molecule has 4 rings (SSSR count). The molecule has 1 aliphatic carbocycles. The van der Waals surface area contributed by atoms with Crippen LogP contribution < -0.4 is 0 Å². The normalized spacial score (nSPS) is 19.4. The van der Waals surface area contributed by atoms with Crippen molar-refractivity contribution in [1.82, 2.24) is 0 Å². The first-order valence-corrected chi connectivity index (χ1v) is 18.7. The van der Waals surface area contributed by atoms with Crippen LogP contribution in [0.2, 0.25) is 0 Å². The summed E-state index contributed by atoms with van der Waals surface area (Å²) in [6, 6.07) is 17.9. The zero-order chi connectivity index (χ0) is 45.7. The van der Waals surface area contributed by atoms with Crippen LogP contribution in [0, 0.1) is 5.41 Å². The van der Waals surface area contributed by atoms with Gasteiger partial charge in [-0.2, -0.15) is 39.5 Å². The lowest BCUT2D eigenvalue weighted by Gasteiger charge is -2.41. The predicted molar refractivity (Wildman–Crippen MR) is 199 cm³/mol. The van der Waals surface area contributed by atoms with Crippen LogP contribution in [0.15, 0.2) is 102 Å². The van der Waals surface area contributed by atoms with Crippen LogP contribution in [0.5, 0.6) is 0 Å². The zero-order valence-electron chi connectivity index (χ0n) is 33.9. The van der Waals surface area contributed by atoms with Crippen molar-refractivity contribution < 1.29 is 82.3 Å². The Morgan fingerprint density at radius 3 is 1.38 bits per heavy atom. The summed E-state index contributed by atoms with van der Waals surface area (Å²) in [5.74, 6) is -5.53. The van der Waals surface area contributed by atoms with Crippen molar-refractivity contribution in [3.05, 3.63) is 119 Å². The first kappa shape index (κ1) is 48.7. The molecule has 61 heavy (non-hydrogen) atoms. The Morgan fingerprint density at radius 1 is 0.623 bits per heavy atom. The summed E-state index contributed by atoms with van der Waals surface area (Å²) in [6.45, 7) is 3.51. The summed E-state index contributed by atoms with van der Waals surface area (Å²) in [5.41, 5.74) is -13.4. The van der Waals surface area contributed by atoms with Crippen LogP contribution in [-0.4, -0.2) is 76.6 Å². The van der Waals surface area contributed by atoms with Gasteiger partial charge in [0.15, 0.2) is 0 Å². The van der Waals surface area contributed by atoms with E-state index in [2.05, 4.69) is 0 Å². The van der Waals surface area contributed by atoms with E-state index in [1.54, 1.807) is 13.8 Å². The number of methoxy groups -OCH3 is 3. The number of halogens is 9. The summed E-state index contributed by atoms with van der Waals surface area (Å²) < 4.78 is 163. The van der Waals surface area contributed by atoms with Gasteiger partial charge in [-0.05, 0) is 37.2 Å². The summed E-state index contributed by atoms with van der Waals surface area (Å²) in [5, 5.41) is 0. The molecule has 0 saturated carbocycles. The molecule has 1 aliphatic rings. The standard InChI is InChI=1S/C43H45F9O9/c1-27(60-35(54)39(57-5,42(47,48)49)30-18-12-8-13-19-30)22-23-33-28(26-59-34(53)38(56-4,41(44,45)46)29-16-10-7-11-17-29)24-32(25-37(33,2)3)61-36(55)40(58-6,43(50,51)52)31-20-14-9-15-21-31/h7-21,27,32H,22-26H2,1-6H3/t27-,32+,38+,39+,40+/m0/s1. The first-order chi connectivity index (χ1) is 28.4. The second kappa shape index (κ2) is 18.6. The number of alkyl halides is 9. The Kier molecular flexibility index (Phi) is 14.8. The van der Waals surface area contributed by atoms with Gasteiger partial charge in [-0.25, -0.2) is 14.4 Å².